The molecule has 1 unspecified atom stereocenters. The SMILES string of the molecule is Cc1ccc(-c2cc(-c3nn(-c4nc(C(=O)O)cs4)c(CC4CC4)c3Cc3ccc([SH+](N)=O)c(Cl)c3)ccc2F)s1.[OH-]. The number of thiol groups is 1. The lowest BCUT2D eigenvalue weighted by Crippen LogP contribution is -2.06. The maximum absolute atomic E-state index is 15.1. The van der Waals surface area contributed by atoms with Crippen molar-refractivity contribution in [3.8, 4) is 26.8 Å². The summed E-state index contributed by atoms with van der Waals surface area (Å²) in [4.78, 5) is 18.2. The number of thiophene rings is 1. The summed E-state index contributed by atoms with van der Waals surface area (Å²) in [6.45, 7) is 1.98. The van der Waals surface area contributed by atoms with Crippen LogP contribution in [0, 0.1) is 18.7 Å². The molecule has 0 aliphatic heterocycles. The highest BCUT2D eigenvalue weighted by Crippen LogP contribution is 2.40. The van der Waals surface area contributed by atoms with E-state index in [1.165, 1.54) is 34.1 Å². The zero-order chi connectivity index (χ0) is 28.8. The van der Waals surface area contributed by atoms with Crippen molar-refractivity contribution in [2.75, 3.05) is 0 Å². The number of thiazole rings is 1. The van der Waals surface area contributed by atoms with Crippen molar-refractivity contribution >= 4 is 51.2 Å². The Morgan fingerprint density at radius 1 is 1.21 bits per heavy atom. The summed E-state index contributed by atoms with van der Waals surface area (Å²) in [6, 6.07) is 14.2. The second kappa shape index (κ2) is 12.2. The normalized spacial score (nSPS) is 13.6. The fourth-order valence-electron chi connectivity index (χ4n) is 4.81. The Bertz CT molecular complexity index is 1830. The lowest BCUT2D eigenvalue weighted by molar-refractivity contribution is 0.0691. The number of rotatable bonds is 9. The van der Waals surface area contributed by atoms with Gasteiger partial charge in [0.15, 0.2) is 21.6 Å². The van der Waals surface area contributed by atoms with Gasteiger partial charge in [0.2, 0.25) is 5.13 Å². The van der Waals surface area contributed by atoms with Crippen molar-refractivity contribution in [3.05, 3.63) is 92.1 Å². The molecule has 1 saturated carbocycles. The Hall–Kier alpha value is -3.26. The quantitative estimate of drug-likeness (QED) is 0.133. The van der Waals surface area contributed by atoms with Gasteiger partial charge in [-0.2, -0.15) is 5.10 Å². The summed E-state index contributed by atoms with van der Waals surface area (Å²) < 4.78 is 28.7. The number of aromatic carboxylic acids is 1. The molecule has 3 aromatic heterocycles. The number of hydrogen-bond donors (Lipinski definition) is 2. The van der Waals surface area contributed by atoms with E-state index in [0.717, 1.165) is 51.4 Å². The Kier molecular flexibility index (Phi) is 8.74. The van der Waals surface area contributed by atoms with E-state index in [0.29, 0.717) is 38.6 Å². The molecule has 13 heteroatoms. The van der Waals surface area contributed by atoms with Crippen molar-refractivity contribution in [1.82, 2.24) is 14.8 Å². The van der Waals surface area contributed by atoms with Gasteiger partial charge in [0, 0.05) is 38.2 Å². The van der Waals surface area contributed by atoms with Crippen LogP contribution in [0.25, 0.3) is 26.8 Å². The Morgan fingerprint density at radius 2 is 2.00 bits per heavy atom. The molecule has 4 N–H and O–H groups in total. The summed E-state index contributed by atoms with van der Waals surface area (Å²) >= 11 is 9.17. The molecule has 1 aliphatic carbocycles. The minimum absolute atomic E-state index is 0. The van der Waals surface area contributed by atoms with E-state index >= 15 is 4.39 Å². The highest BCUT2D eigenvalue weighted by Gasteiger charge is 2.30. The van der Waals surface area contributed by atoms with Gasteiger partial charge in [0.25, 0.3) is 0 Å². The fourth-order valence-corrected chi connectivity index (χ4v) is 7.42. The van der Waals surface area contributed by atoms with E-state index in [9.17, 15) is 14.1 Å². The van der Waals surface area contributed by atoms with Gasteiger partial charge in [-0.3, -0.25) is 0 Å². The predicted octanol–water partition coefficient (Wildman–Crippen LogP) is 6.82. The molecular formula is C29H26ClFN4O4S3. The van der Waals surface area contributed by atoms with Crippen LogP contribution in [-0.4, -0.2) is 31.3 Å². The number of carboxylic acid groups (broad SMARTS) is 1. The molecule has 1 fully saturated rings. The number of nitrogens with two attached hydrogens (primary N) is 1. The van der Waals surface area contributed by atoms with Crippen molar-refractivity contribution in [3.63, 3.8) is 0 Å². The molecule has 1 aliphatic rings. The molecule has 218 valence electrons. The molecule has 0 radical (unpaired) electrons. The molecule has 0 bridgehead atoms. The van der Waals surface area contributed by atoms with E-state index in [1.807, 2.05) is 31.2 Å². The molecule has 3 heterocycles. The molecule has 42 heavy (non-hydrogen) atoms. The maximum Gasteiger partial charge on any atom is 0.355 e. The van der Waals surface area contributed by atoms with Crippen LogP contribution >= 0.6 is 34.3 Å². The molecule has 2 aromatic carbocycles. The Balaban J connectivity index is 0.00000353. The summed E-state index contributed by atoms with van der Waals surface area (Å²) in [5.74, 6) is -0.939. The highest BCUT2D eigenvalue weighted by molar-refractivity contribution is 7.82. The topological polar surface area (TPSA) is 141 Å². The Morgan fingerprint density at radius 3 is 2.62 bits per heavy atom. The van der Waals surface area contributed by atoms with Crippen LogP contribution in [0.3, 0.4) is 0 Å². The third-order valence-corrected chi connectivity index (χ3v) is 10.2. The zero-order valence-electron chi connectivity index (χ0n) is 22.3. The lowest BCUT2D eigenvalue weighted by Gasteiger charge is -2.10. The predicted molar refractivity (Wildman–Crippen MR) is 164 cm³/mol. The second-order valence-electron chi connectivity index (χ2n) is 10.0. The van der Waals surface area contributed by atoms with Gasteiger partial charge in [0.1, 0.15) is 5.82 Å². The summed E-state index contributed by atoms with van der Waals surface area (Å²) in [5.41, 5.74) is 4.56. The second-order valence-corrected chi connectivity index (χ2v) is 13.7. The van der Waals surface area contributed by atoms with E-state index in [1.54, 1.807) is 22.9 Å². The van der Waals surface area contributed by atoms with Crippen LogP contribution < -0.4 is 5.14 Å². The largest absolute Gasteiger partial charge is 0.870 e. The van der Waals surface area contributed by atoms with Gasteiger partial charge in [-0.1, -0.05) is 21.9 Å². The number of carboxylic acids is 1. The number of aryl methyl sites for hydroxylation is 1. The summed E-state index contributed by atoms with van der Waals surface area (Å²) in [5, 5.41) is 22.4. The van der Waals surface area contributed by atoms with Crippen LogP contribution in [-0.2, 0) is 28.0 Å². The minimum Gasteiger partial charge on any atom is -0.870 e. The molecule has 6 rings (SSSR count). The van der Waals surface area contributed by atoms with E-state index in [-0.39, 0.29) is 17.0 Å². The average molecular weight is 645 g/mol. The number of halogens is 2. The van der Waals surface area contributed by atoms with E-state index in [4.69, 9.17) is 21.8 Å². The average Bonchev–Trinajstić information content (AvgIpc) is 3.28. The van der Waals surface area contributed by atoms with Crippen molar-refractivity contribution in [1.29, 1.82) is 0 Å². The third kappa shape index (κ3) is 6.10. The van der Waals surface area contributed by atoms with E-state index in [2.05, 4.69) is 4.98 Å². The van der Waals surface area contributed by atoms with Crippen LogP contribution in [0.2, 0.25) is 5.02 Å². The first-order valence-electron chi connectivity index (χ1n) is 12.8. The molecule has 5 aromatic rings. The summed E-state index contributed by atoms with van der Waals surface area (Å²) in [6.07, 6.45) is 3.38. The third-order valence-electron chi connectivity index (χ3n) is 7.04. The number of hydrogen-bond acceptors (Lipinski definition) is 7. The molecule has 0 saturated heterocycles. The first-order chi connectivity index (χ1) is 19.7. The van der Waals surface area contributed by atoms with Gasteiger partial charge < -0.3 is 10.6 Å². The van der Waals surface area contributed by atoms with Gasteiger partial charge in [-0.05, 0) is 80.1 Å². The first-order valence-corrected chi connectivity index (χ1v) is 16.2. The van der Waals surface area contributed by atoms with Crippen molar-refractivity contribution in [2.45, 2.75) is 37.5 Å². The zero-order valence-corrected chi connectivity index (χ0v) is 25.5. The first kappa shape index (κ1) is 30.2. The fraction of sp³-hybridized carbons (Fsp3) is 0.207. The number of benzene rings is 2. The summed E-state index contributed by atoms with van der Waals surface area (Å²) in [7, 11) is -2.08. The Labute approximate surface area is 256 Å². The van der Waals surface area contributed by atoms with Crippen LogP contribution in [0.15, 0.2) is 58.8 Å². The van der Waals surface area contributed by atoms with Gasteiger partial charge in [-0.15, -0.1) is 27.8 Å². The highest BCUT2D eigenvalue weighted by atomic mass is 35.5. The van der Waals surface area contributed by atoms with Gasteiger partial charge in [-0.25, -0.2) is 18.9 Å². The smallest absolute Gasteiger partial charge is 0.355 e. The number of nitrogens with zero attached hydrogens (tertiary/aromatic N) is 3. The van der Waals surface area contributed by atoms with Crippen LogP contribution in [0.1, 0.15) is 45.0 Å². The molecule has 8 nitrogen and oxygen atoms in total. The van der Waals surface area contributed by atoms with Crippen molar-refractivity contribution < 1.29 is 24.0 Å². The number of carbonyl (C=O) groups is 1. The number of aromatic nitrogens is 3. The van der Waals surface area contributed by atoms with E-state index < -0.39 is 17.0 Å². The molecule has 0 amide bonds. The van der Waals surface area contributed by atoms with Crippen LogP contribution in [0.5, 0.6) is 0 Å². The standard InChI is InChI=1S/C29H24ClFN4O3S3.H2O/c1-15-2-8-25(40-15)19-13-18(6-7-22(19)31)27-20(10-17-5-9-26(41(32)38)21(30)11-17)24(12-16-3-4-16)35(34-27)29-33-23(14-39-29)28(36)37;/h2,5-9,11,13-14,16H,3-4,10,12H2,1H3,(H2,32,38)(H,36,37);1H2. The maximum atomic E-state index is 15.1. The van der Waals surface area contributed by atoms with Crippen molar-refractivity contribution in [2.24, 2.45) is 11.1 Å². The monoisotopic (exact) mass is 644 g/mol. The molecule has 0 spiro atoms. The van der Waals surface area contributed by atoms with Gasteiger partial charge >= 0.3 is 5.97 Å². The van der Waals surface area contributed by atoms with Crippen LogP contribution in [0.4, 0.5) is 4.39 Å². The molecular weight excluding hydrogens is 619 g/mol. The minimum atomic E-state index is -2.08. The lowest BCUT2D eigenvalue weighted by atomic mass is 9.96. The van der Waals surface area contributed by atoms with Gasteiger partial charge in [0.05, 0.1) is 16.4 Å². The molecule has 1 atom stereocenters.